The second-order valence-electron chi connectivity index (χ2n) is 25.1. The first-order chi connectivity index (χ1) is 46.2. The lowest BCUT2D eigenvalue weighted by Crippen LogP contribution is -2.61. The van der Waals surface area contributed by atoms with E-state index < -0.39 is 132 Å². The fourth-order valence-corrected chi connectivity index (χ4v) is 11.4. The van der Waals surface area contributed by atoms with E-state index in [-0.39, 0.29) is 69.6 Å². The van der Waals surface area contributed by atoms with Crippen molar-refractivity contribution < 1.29 is 72.8 Å². The van der Waals surface area contributed by atoms with E-state index in [1.807, 2.05) is 69.3 Å². The summed E-state index contributed by atoms with van der Waals surface area (Å²) in [6.07, 6.45) is -1.22. The zero-order valence-electron chi connectivity index (χ0n) is 55.2. The number of aryl methyl sites for hydroxylation is 1. The van der Waals surface area contributed by atoms with Crippen molar-refractivity contribution in [2.24, 2.45) is 23.3 Å². The van der Waals surface area contributed by atoms with Gasteiger partial charge in [-0.3, -0.25) is 43.2 Å². The van der Waals surface area contributed by atoms with Crippen LogP contribution in [0.2, 0.25) is 0 Å². The number of H-pyrrole nitrogens is 1. The molecule has 0 bridgehead atoms. The SMILES string of the molecule is CC[C@H](C)[C@H](NC(=O)[C@@H](NC(=O)[C@H](CC(C)C)NC(=O)[C@@H](N)Cc1c[nH]c2ccccc12)[C@@H](C)O)C(=O)NCCc1cccc2c1oc1c(CCC(=O)N[C@H](C(=O)N[C@@H](Cc3ccc(O)cc3)C(=O)N[C@@H](CCC(N)=O)C(=O)N[C@@H](Cc3ccccc3)C(=O)O)[C@@H](C)O)cccc12. The predicted octanol–water partition coefficient (Wildman–Crippen LogP) is 3.02. The minimum absolute atomic E-state index is 0.0742. The molecular formula is C71H89N11O15. The molecule has 0 fully saturated rings. The number of aromatic nitrogens is 1. The largest absolute Gasteiger partial charge is 0.508 e. The summed E-state index contributed by atoms with van der Waals surface area (Å²) in [7, 11) is 0. The first-order valence-electron chi connectivity index (χ1n) is 32.5. The van der Waals surface area contributed by atoms with Gasteiger partial charge in [-0.2, -0.15) is 0 Å². The van der Waals surface area contributed by atoms with Gasteiger partial charge in [0.1, 0.15) is 59.2 Å². The van der Waals surface area contributed by atoms with E-state index in [0.717, 1.165) is 32.8 Å². The number of nitrogens with one attached hydrogen (secondary N) is 9. The van der Waals surface area contributed by atoms with Gasteiger partial charge in [-0.05, 0) is 104 Å². The number of phenolic OH excluding ortho intramolecular Hbond substituents is 1. The van der Waals surface area contributed by atoms with Crippen LogP contribution < -0.4 is 54.0 Å². The van der Waals surface area contributed by atoms with Crippen molar-refractivity contribution >= 4 is 92.0 Å². The third kappa shape index (κ3) is 20.9. The van der Waals surface area contributed by atoms with E-state index in [4.69, 9.17) is 15.9 Å². The second-order valence-corrected chi connectivity index (χ2v) is 25.1. The van der Waals surface area contributed by atoms with Crippen LogP contribution in [-0.4, -0.2) is 152 Å². The third-order valence-electron chi connectivity index (χ3n) is 17.0. The van der Waals surface area contributed by atoms with Crippen molar-refractivity contribution in [3.63, 3.8) is 0 Å². The summed E-state index contributed by atoms with van der Waals surface area (Å²) in [5, 5.41) is 65.3. The lowest BCUT2D eigenvalue weighted by molar-refractivity contribution is -0.142. The van der Waals surface area contributed by atoms with Gasteiger partial charge in [-0.15, -0.1) is 0 Å². The second kappa shape index (κ2) is 35.0. The Balaban J connectivity index is 0.976. The van der Waals surface area contributed by atoms with Crippen molar-refractivity contribution in [3.05, 3.63) is 149 Å². The molecule has 11 atom stereocenters. The smallest absolute Gasteiger partial charge is 0.326 e. The summed E-state index contributed by atoms with van der Waals surface area (Å²) in [4.78, 5) is 139. The first-order valence-corrected chi connectivity index (χ1v) is 32.5. The molecule has 7 aromatic rings. The van der Waals surface area contributed by atoms with Crippen molar-refractivity contribution in [2.45, 2.75) is 166 Å². The lowest BCUT2D eigenvalue weighted by Gasteiger charge is -2.29. The first kappa shape index (κ1) is 74.2. The van der Waals surface area contributed by atoms with E-state index in [2.05, 4.69) is 47.5 Å². The topological polar surface area (TPSA) is 429 Å². The highest BCUT2D eigenvalue weighted by Gasteiger charge is 2.37. The summed E-state index contributed by atoms with van der Waals surface area (Å²) < 4.78 is 6.53. The van der Waals surface area contributed by atoms with E-state index in [1.165, 1.54) is 38.1 Å². The molecule has 0 aliphatic rings. The van der Waals surface area contributed by atoms with E-state index in [1.54, 1.807) is 55.6 Å². The number of aliphatic carboxylic acids is 1. The number of fused-ring (bicyclic) bond motifs is 4. The number of aliphatic hydroxyl groups is 2. The van der Waals surface area contributed by atoms with Crippen LogP contribution in [0, 0.1) is 11.8 Å². The molecule has 0 unspecified atom stereocenters. The number of carbonyl (C=O) groups is 10. The molecular weight excluding hydrogens is 1250 g/mol. The fourth-order valence-electron chi connectivity index (χ4n) is 11.4. The summed E-state index contributed by atoms with van der Waals surface area (Å²) >= 11 is 0. The maximum atomic E-state index is 14.2. The van der Waals surface area contributed by atoms with Crippen LogP contribution >= 0.6 is 0 Å². The van der Waals surface area contributed by atoms with Crippen molar-refractivity contribution in [2.75, 3.05) is 6.54 Å². The number of carboxylic acid groups (broad SMARTS) is 1. The molecule has 9 amide bonds. The van der Waals surface area contributed by atoms with Gasteiger partial charge in [0.15, 0.2) is 0 Å². The Labute approximate surface area is 561 Å². The van der Waals surface area contributed by atoms with Gasteiger partial charge in [0, 0.05) is 60.1 Å². The minimum Gasteiger partial charge on any atom is -0.508 e. The Morgan fingerprint density at radius 1 is 0.515 bits per heavy atom. The van der Waals surface area contributed by atoms with Crippen LogP contribution in [0.5, 0.6) is 5.75 Å². The Morgan fingerprint density at radius 3 is 1.66 bits per heavy atom. The molecule has 0 saturated heterocycles. The van der Waals surface area contributed by atoms with Gasteiger partial charge in [-0.25, -0.2) is 4.79 Å². The number of para-hydroxylation sites is 3. The lowest BCUT2D eigenvalue weighted by atomic mass is 9.97. The van der Waals surface area contributed by atoms with Gasteiger partial charge in [-0.1, -0.05) is 131 Å². The Hall–Kier alpha value is -10.2. The number of aromatic amines is 1. The van der Waals surface area contributed by atoms with Crippen molar-refractivity contribution in [3.8, 4) is 5.75 Å². The fraction of sp³-hybridized carbons (Fsp3) is 0.408. The quantitative estimate of drug-likeness (QED) is 0.0268. The molecule has 0 radical (unpaired) electrons. The maximum Gasteiger partial charge on any atom is 0.326 e. The number of hydrogen-bond acceptors (Lipinski definition) is 15. The summed E-state index contributed by atoms with van der Waals surface area (Å²) in [6, 6.07) is 21.9. The van der Waals surface area contributed by atoms with Crippen LogP contribution in [0.1, 0.15) is 101 Å². The van der Waals surface area contributed by atoms with E-state index in [0.29, 0.717) is 34.3 Å². The number of amides is 9. The molecule has 7 rings (SSSR count). The number of furan rings is 1. The zero-order valence-corrected chi connectivity index (χ0v) is 55.2. The van der Waals surface area contributed by atoms with Crippen LogP contribution in [0.15, 0.2) is 126 Å². The van der Waals surface area contributed by atoms with E-state index in [9.17, 15) is 68.4 Å². The molecule has 26 nitrogen and oxygen atoms in total. The molecule has 0 aliphatic carbocycles. The van der Waals surface area contributed by atoms with Crippen molar-refractivity contribution in [1.29, 1.82) is 0 Å². The predicted molar refractivity (Wildman–Crippen MR) is 363 cm³/mol. The van der Waals surface area contributed by atoms with Crippen LogP contribution in [-0.2, 0) is 80.0 Å². The molecule has 0 spiro atoms. The van der Waals surface area contributed by atoms with Gasteiger partial charge in [0.25, 0.3) is 0 Å². The van der Waals surface area contributed by atoms with Crippen LogP contribution in [0.4, 0.5) is 0 Å². The number of nitrogens with two attached hydrogens (primary N) is 2. The number of primary amides is 1. The summed E-state index contributed by atoms with van der Waals surface area (Å²) in [5.74, 6) is -8.93. The Bertz CT molecular complexity index is 3910. The highest BCUT2D eigenvalue weighted by atomic mass is 16.4. The van der Waals surface area contributed by atoms with Crippen molar-refractivity contribution in [1.82, 2.24) is 47.5 Å². The van der Waals surface area contributed by atoms with E-state index >= 15 is 0 Å². The molecule has 97 heavy (non-hydrogen) atoms. The van der Waals surface area contributed by atoms with Gasteiger partial charge < -0.3 is 83.8 Å². The highest BCUT2D eigenvalue weighted by Crippen LogP contribution is 2.34. The van der Waals surface area contributed by atoms with Crippen LogP contribution in [0.25, 0.3) is 32.8 Å². The molecule has 26 heteroatoms. The third-order valence-corrected chi connectivity index (χ3v) is 17.0. The molecule has 17 N–H and O–H groups in total. The highest BCUT2D eigenvalue weighted by molar-refractivity contribution is 6.07. The average molecular weight is 1340 g/mol. The Kier molecular flexibility index (Phi) is 26.8. The average Bonchev–Trinajstić information content (AvgIpc) is 1.62. The molecule has 5 aromatic carbocycles. The van der Waals surface area contributed by atoms with Gasteiger partial charge in [0.2, 0.25) is 53.2 Å². The number of aliphatic hydroxyl groups excluding tert-OH is 2. The zero-order chi connectivity index (χ0) is 70.6. The number of benzene rings is 5. The standard InChI is InChI=1S/C71H89N11O15/c1-7-39(4)59(81-70(94)61(41(6)84)82-67(91)54(33-38(2)3)77-64(88)51(72)36-46-37-75-52-22-12-11-19-48(46)52)68(92)74-32-31-45-18-14-21-50-49-20-13-17-44(62(49)97-63(45)50)25-30-58(87)80-60(40(5)83)69(93)78-55(34-43-23-26-47(85)27-24-43)66(90)76-53(28-29-57(73)86)65(89)79-56(71(95)96)35-42-15-9-8-10-16-42/h8-24,26-27,37-41,51,53-56,59-61,75,83-85H,7,25,28-36,72H2,1-6H3,(H2,73,86)(H,74,92)(H,76,90)(H,77,88)(H,78,93)(H,79,89)(H,80,87)(H,81,94)(H,82,91)(H,95,96)/t39-,40+,41+,51-,53-,54-,55-,56-,59-,60-,61-/m0/s1. The minimum atomic E-state index is -1.62. The normalized spacial score (nSPS) is 14.9. The summed E-state index contributed by atoms with van der Waals surface area (Å²) in [6.45, 7) is 10.1. The molecule has 0 aliphatic heterocycles. The molecule has 2 heterocycles. The number of hydrogen-bond donors (Lipinski definition) is 15. The summed E-state index contributed by atoms with van der Waals surface area (Å²) in [5.41, 5.74) is 16.8. The maximum absolute atomic E-state index is 14.2. The Morgan fingerprint density at radius 2 is 1.04 bits per heavy atom. The molecule has 0 saturated carbocycles. The number of carbonyl (C=O) groups excluding carboxylic acids is 9. The number of rotatable bonds is 36. The van der Waals surface area contributed by atoms with Gasteiger partial charge in [0.05, 0.1) is 18.2 Å². The number of aromatic hydroxyl groups is 1. The van der Waals surface area contributed by atoms with Crippen LogP contribution in [0.3, 0.4) is 0 Å². The molecule has 2 aromatic heterocycles. The number of carboxylic acids is 1. The van der Waals surface area contributed by atoms with Gasteiger partial charge >= 0.3 is 5.97 Å². The molecule has 518 valence electrons. The number of phenols is 1. The monoisotopic (exact) mass is 1340 g/mol.